The Hall–Kier alpha value is -0.930. The molecule has 1 aromatic carbocycles. The Balaban J connectivity index is 2.16. The molecule has 3 heteroatoms. The SMILES string of the molecule is OC[C@@H]1CCNC[C@H]1c1ccc(F)cc1. The van der Waals surface area contributed by atoms with Gasteiger partial charge in [0.1, 0.15) is 5.82 Å². The Morgan fingerprint density at radius 1 is 1.33 bits per heavy atom. The van der Waals surface area contributed by atoms with Gasteiger partial charge in [0.2, 0.25) is 0 Å². The lowest BCUT2D eigenvalue weighted by molar-refractivity contribution is 0.176. The molecule has 0 spiro atoms. The highest BCUT2D eigenvalue weighted by atomic mass is 19.1. The minimum absolute atomic E-state index is 0.205. The van der Waals surface area contributed by atoms with Gasteiger partial charge in [0.25, 0.3) is 0 Å². The molecule has 2 nitrogen and oxygen atoms in total. The first-order valence-corrected chi connectivity index (χ1v) is 5.38. The smallest absolute Gasteiger partial charge is 0.123 e. The molecule has 0 radical (unpaired) electrons. The van der Waals surface area contributed by atoms with E-state index < -0.39 is 0 Å². The Kier molecular flexibility index (Phi) is 3.34. The molecule has 2 rings (SSSR count). The normalized spacial score (nSPS) is 26.5. The van der Waals surface area contributed by atoms with Gasteiger partial charge in [-0.15, -0.1) is 0 Å². The number of aliphatic hydroxyl groups excluding tert-OH is 1. The predicted molar refractivity (Wildman–Crippen MR) is 57.2 cm³/mol. The van der Waals surface area contributed by atoms with Crippen LogP contribution >= 0.6 is 0 Å². The summed E-state index contributed by atoms with van der Waals surface area (Å²) < 4.78 is 12.8. The molecule has 1 saturated heterocycles. The van der Waals surface area contributed by atoms with E-state index in [1.165, 1.54) is 12.1 Å². The summed E-state index contributed by atoms with van der Waals surface area (Å²) in [7, 11) is 0. The van der Waals surface area contributed by atoms with Crippen molar-refractivity contribution in [2.75, 3.05) is 19.7 Å². The molecule has 0 amide bonds. The maximum absolute atomic E-state index is 12.8. The molecule has 0 bridgehead atoms. The van der Waals surface area contributed by atoms with Crippen molar-refractivity contribution in [1.82, 2.24) is 5.32 Å². The molecule has 2 N–H and O–H groups in total. The van der Waals surface area contributed by atoms with Gasteiger partial charge < -0.3 is 10.4 Å². The number of hydrogen-bond acceptors (Lipinski definition) is 2. The van der Waals surface area contributed by atoms with Gasteiger partial charge >= 0.3 is 0 Å². The van der Waals surface area contributed by atoms with Crippen LogP contribution in [-0.2, 0) is 0 Å². The fourth-order valence-corrected chi connectivity index (χ4v) is 2.23. The van der Waals surface area contributed by atoms with E-state index in [1.807, 2.05) is 12.1 Å². The van der Waals surface area contributed by atoms with Crippen molar-refractivity contribution in [3.8, 4) is 0 Å². The van der Waals surface area contributed by atoms with Crippen LogP contribution in [0.5, 0.6) is 0 Å². The average Bonchev–Trinajstić information content (AvgIpc) is 2.30. The second-order valence-electron chi connectivity index (χ2n) is 4.09. The van der Waals surface area contributed by atoms with Gasteiger partial charge in [-0.05, 0) is 36.6 Å². The minimum Gasteiger partial charge on any atom is -0.396 e. The summed E-state index contributed by atoms with van der Waals surface area (Å²) in [4.78, 5) is 0. The molecule has 1 aliphatic heterocycles. The van der Waals surface area contributed by atoms with Crippen LogP contribution < -0.4 is 5.32 Å². The van der Waals surface area contributed by atoms with Gasteiger partial charge in [-0.3, -0.25) is 0 Å². The Labute approximate surface area is 89.1 Å². The summed E-state index contributed by atoms with van der Waals surface area (Å²) in [5, 5.41) is 12.6. The summed E-state index contributed by atoms with van der Waals surface area (Å²) in [5.41, 5.74) is 1.11. The number of piperidine rings is 1. The molecule has 82 valence electrons. The summed E-state index contributed by atoms with van der Waals surface area (Å²) >= 11 is 0. The molecular formula is C12H16FNO. The van der Waals surface area contributed by atoms with Gasteiger partial charge in [-0.1, -0.05) is 12.1 Å². The molecule has 1 aromatic rings. The van der Waals surface area contributed by atoms with Crippen LogP contribution in [0.3, 0.4) is 0 Å². The molecular weight excluding hydrogens is 193 g/mol. The lowest BCUT2D eigenvalue weighted by atomic mass is 9.82. The number of rotatable bonds is 2. The average molecular weight is 209 g/mol. The third-order valence-electron chi connectivity index (χ3n) is 3.16. The third kappa shape index (κ3) is 2.36. The van der Waals surface area contributed by atoms with E-state index in [-0.39, 0.29) is 12.4 Å². The van der Waals surface area contributed by atoms with Gasteiger partial charge in [0.15, 0.2) is 0 Å². The lowest BCUT2D eigenvalue weighted by Gasteiger charge is -2.31. The highest BCUT2D eigenvalue weighted by molar-refractivity contribution is 5.22. The molecule has 1 fully saturated rings. The number of nitrogens with one attached hydrogen (secondary N) is 1. The van der Waals surface area contributed by atoms with E-state index >= 15 is 0 Å². The first-order chi connectivity index (χ1) is 7.31. The van der Waals surface area contributed by atoms with Crippen LogP contribution in [0.1, 0.15) is 17.9 Å². The molecule has 2 atom stereocenters. The van der Waals surface area contributed by atoms with Crippen molar-refractivity contribution in [2.24, 2.45) is 5.92 Å². The van der Waals surface area contributed by atoms with Crippen molar-refractivity contribution in [3.63, 3.8) is 0 Å². The first-order valence-electron chi connectivity index (χ1n) is 5.38. The summed E-state index contributed by atoms with van der Waals surface area (Å²) in [5.74, 6) is 0.407. The monoisotopic (exact) mass is 209 g/mol. The zero-order chi connectivity index (χ0) is 10.7. The van der Waals surface area contributed by atoms with Crippen molar-refractivity contribution in [2.45, 2.75) is 12.3 Å². The van der Waals surface area contributed by atoms with Crippen LogP contribution in [-0.4, -0.2) is 24.8 Å². The second-order valence-corrected chi connectivity index (χ2v) is 4.09. The van der Waals surface area contributed by atoms with Gasteiger partial charge in [-0.25, -0.2) is 4.39 Å². The van der Waals surface area contributed by atoms with E-state index in [0.717, 1.165) is 25.1 Å². The second kappa shape index (κ2) is 4.73. The standard InChI is InChI=1S/C12H16FNO/c13-11-3-1-9(2-4-11)12-7-14-6-5-10(12)8-15/h1-4,10,12,14-15H,5-8H2/t10-,12-/m0/s1. The van der Waals surface area contributed by atoms with E-state index in [1.54, 1.807) is 0 Å². The zero-order valence-corrected chi connectivity index (χ0v) is 8.62. The molecule has 15 heavy (non-hydrogen) atoms. The van der Waals surface area contributed by atoms with Crippen LogP contribution in [0, 0.1) is 11.7 Å². The number of halogens is 1. The fraction of sp³-hybridized carbons (Fsp3) is 0.500. The quantitative estimate of drug-likeness (QED) is 0.774. The van der Waals surface area contributed by atoms with Gasteiger partial charge in [0, 0.05) is 19.1 Å². The van der Waals surface area contributed by atoms with E-state index in [0.29, 0.717) is 11.8 Å². The molecule has 1 heterocycles. The number of benzene rings is 1. The van der Waals surface area contributed by atoms with Crippen LogP contribution in [0.2, 0.25) is 0 Å². The Morgan fingerprint density at radius 2 is 2.07 bits per heavy atom. The van der Waals surface area contributed by atoms with Gasteiger partial charge in [-0.2, -0.15) is 0 Å². The van der Waals surface area contributed by atoms with Crippen LogP contribution in [0.15, 0.2) is 24.3 Å². The largest absolute Gasteiger partial charge is 0.396 e. The topological polar surface area (TPSA) is 32.3 Å². The van der Waals surface area contributed by atoms with E-state index in [4.69, 9.17) is 0 Å². The third-order valence-corrected chi connectivity index (χ3v) is 3.16. The van der Waals surface area contributed by atoms with Crippen molar-refractivity contribution in [3.05, 3.63) is 35.6 Å². The molecule has 1 aliphatic rings. The first kappa shape index (κ1) is 10.6. The van der Waals surface area contributed by atoms with Crippen molar-refractivity contribution < 1.29 is 9.50 Å². The Morgan fingerprint density at radius 3 is 2.73 bits per heavy atom. The summed E-state index contributed by atoms with van der Waals surface area (Å²) in [6, 6.07) is 6.60. The van der Waals surface area contributed by atoms with E-state index in [9.17, 15) is 9.50 Å². The molecule has 0 aliphatic carbocycles. The molecule has 0 aromatic heterocycles. The maximum atomic E-state index is 12.8. The predicted octanol–water partition coefficient (Wildman–Crippen LogP) is 1.51. The number of hydrogen-bond donors (Lipinski definition) is 2. The van der Waals surface area contributed by atoms with Crippen molar-refractivity contribution >= 4 is 0 Å². The van der Waals surface area contributed by atoms with Gasteiger partial charge in [0.05, 0.1) is 0 Å². The van der Waals surface area contributed by atoms with Crippen LogP contribution in [0.4, 0.5) is 4.39 Å². The lowest BCUT2D eigenvalue weighted by Crippen LogP contribution is -2.36. The summed E-state index contributed by atoms with van der Waals surface area (Å²) in [6.07, 6.45) is 0.985. The van der Waals surface area contributed by atoms with Crippen LogP contribution in [0.25, 0.3) is 0 Å². The fourth-order valence-electron chi connectivity index (χ4n) is 2.23. The maximum Gasteiger partial charge on any atom is 0.123 e. The summed E-state index contributed by atoms with van der Waals surface area (Å²) in [6.45, 7) is 2.05. The van der Waals surface area contributed by atoms with E-state index in [2.05, 4.69) is 5.32 Å². The number of aliphatic hydroxyl groups is 1. The highest BCUT2D eigenvalue weighted by Crippen LogP contribution is 2.28. The van der Waals surface area contributed by atoms with Crippen molar-refractivity contribution in [1.29, 1.82) is 0 Å². The Bertz CT molecular complexity index is 312. The molecule has 0 unspecified atom stereocenters. The minimum atomic E-state index is -0.205. The highest BCUT2D eigenvalue weighted by Gasteiger charge is 2.25. The molecule has 0 saturated carbocycles. The zero-order valence-electron chi connectivity index (χ0n) is 8.62.